The maximum atomic E-state index is 13.3. The molecule has 2 aliphatic heterocycles. The van der Waals surface area contributed by atoms with Gasteiger partial charge in [-0.05, 0) is 93.8 Å². The van der Waals surface area contributed by atoms with Crippen LogP contribution >= 0.6 is 0 Å². The molecule has 0 N–H and O–H groups in total. The second-order valence-electron chi connectivity index (χ2n) is 16.5. The first-order valence-electron chi connectivity index (χ1n) is 19.0. The second-order valence-corrected chi connectivity index (χ2v) is 16.5. The zero-order valence-corrected chi connectivity index (χ0v) is 33.9. The fourth-order valence-corrected chi connectivity index (χ4v) is 5.75. The minimum Gasteiger partial charge on any atom is -0.444 e. The molecule has 0 bridgehead atoms. The molecule has 1 aromatic carbocycles. The standard InChI is InChI=1S/C39H63N5O10/c1-37(2,3)52-34(47)41-18-13-19-43(36(49)54-39(7,8)9)23-22-42(35(48)53-38(4,5)6)17-12-16-40(20-21-41)24-26-50-28-29-51-27-25-44-32(45)30-14-10-11-15-31(30)33(44)46/h10-11,14-15H,12-13,16-29H2,1-9H3. The van der Waals surface area contributed by atoms with E-state index in [-0.39, 0.29) is 38.1 Å². The van der Waals surface area contributed by atoms with Gasteiger partial charge in [0, 0.05) is 52.4 Å². The molecule has 0 atom stereocenters. The molecule has 1 fully saturated rings. The highest BCUT2D eigenvalue weighted by Gasteiger charge is 2.34. The summed E-state index contributed by atoms with van der Waals surface area (Å²) < 4.78 is 28.7. The van der Waals surface area contributed by atoms with Gasteiger partial charge in [0.15, 0.2) is 0 Å². The molecule has 15 nitrogen and oxygen atoms in total. The minimum absolute atomic E-state index is 0.160. The maximum absolute atomic E-state index is 13.3. The number of carbonyl (C=O) groups excluding carboxylic acids is 5. The summed E-state index contributed by atoms with van der Waals surface area (Å²) in [4.78, 5) is 73.2. The Morgan fingerprint density at radius 2 is 0.889 bits per heavy atom. The van der Waals surface area contributed by atoms with Crippen molar-refractivity contribution in [1.82, 2.24) is 24.5 Å². The van der Waals surface area contributed by atoms with Gasteiger partial charge in [0.25, 0.3) is 11.8 Å². The predicted octanol–water partition coefficient (Wildman–Crippen LogP) is 5.12. The minimum atomic E-state index is -0.700. The number of hydrogen-bond donors (Lipinski definition) is 0. The molecule has 2 heterocycles. The average molecular weight is 762 g/mol. The Balaban J connectivity index is 1.60. The normalized spacial score (nSPS) is 17.3. The Kier molecular flexibility index (Phi) is 16.5. The highest BCUT2D eigenvalue weighted by molar-refractivity contribution is 6.21. The van der Waals surface area contributed by atoms with Crippen LogP contribution in [0.2, 0.25) is 0 Å². The fourth-order valence-electron chi connectivity index (χ4n) is 5.75. The summed E-state index contributed by atoms with van der Waals surface area (Å²) in [7, 11) is 0. The molecule has 1 aromatic rings. The van der Waals surface area contributed by atoms with Gasteiger partial charge in [0.05, 0.1) is 44.1 Å². The summed E-state index contributed by atoms with van der Waals surface area (Å²) in [6.45, 7) is 21.4. The number of rotatable bonds is 9. The molecule has 3 rings (SSSR count). The van der Waals surface area contributed by atoms with Crippen molar-refractivity contribution >= 4 is 30.1 Å². The molecular weight excluding hydrogens is 698 g/mol. The highest BCUT2D eigenvalue weighted by Crippen LogP contribution is 2.22. The van der Waals surface area contributed by atoms with Gasteiger partial charge in [-0.3, -0.25) is 19.4 Å². The van der Waals surface area contributed by atoms with Crippen LogP contribution in [0.15, 0.2) is 24.3 Å². The lowest BCUT2D eigenvalue weighted by Crippen LogP contribution is -2.47. The lowest BCUT2D eigenvalue weighted by Gasteiger charge is -2.34. The third-order valence-corrected chi connectivity index (χ3v) is 8.30. The Hall–Kier alpha value is -3.95. The van der Waals surface area contributed by atoms with E-state index in [1.54, 1.807) is 59.7 Å². The molecule has 15 heteroatoms. The van der Waals surface area contributed by atoms with Crippen LogP contribution in [0.3, 0.4) is 0 Å². The van der Waals surface area contributed by atoms with Gasteiger partial charge in [-0.2, -0.15) is 0 Å². The average Bonchev–Trinajstić information content (AvgIpc) is 3.29. The van der Waals surface area contributed by atoms with Crippen LogP contribution in [0.5, 0.6) is 0 Å². The molecule has 0 unspecified atom stereocenters. The highest BCUT2D eigenvalue weighted by atomic mass is 16.6. The van der Waals surface area contributed by atoms with Crippen LogP contribution in [-0.2, 0) is 23.7 Å². The van der Waals surface area contributed by atoms with E-state index in [0.717, 1.165) is 0 Å². The van der Waals surface area contributed by atoms with Crippen molar-refractivity contribution < 1.29 is 47.7 Å². The van der Waals surface area contributed by atoms with E-state index in [1.165, 1.54) is 4.90 Å². The van der Waals surface area contributed by atoms with E-state index in [0.29, 0.717) is 89.6 Å². The van der Waals surface area contributed by atoms with Gasteiger partial charge in [-0.25, -0.2) is 14.4 Å². The third-order valence-electron chi connectivity index (χ3n) is 8.30. The molecule has 304 valence electrons. The number of ether oxygens (including phenoxy) is 5. The lowest BCUT2D eigenvalue weighted by atomic mass is 10.1. The van der Waals surface area contributed by atoms with E-state index in [4.69, 9.17) is 23.7 Å². The van der Waals surface area contributed by atoms with Crippen LogP contribution in [0.25, 0.3) is 0 Å². The van der Waals surface area contributed by atoms with Crippen molar-refractivity contribution in [2.45, 2.75) is 92.0 Å². The summed E-state index contributed by atoms with van der Waals surface area (Å²) in [6.07, 6.45) is -0.279. The fraction of sp³-hybridized carbons (Fsp3) is 0.718. The molecule has 2 aliphatic rings. The number of imide groups is 1. The van der Waals surface area contributed by atoms with Crippen LogP contribution in [0, 0.1) is 0 Å². The number of hydrogen-bond acceptors (Lipinski definition) is 11. The number of nitrogens with zero attached hydrogens (tertiary/aromatic N) is 5. The van der Waals surface area contributed by atoms with E-state index < -0.39 is 35.1 Å². The van der Waals surface area contributed by atoms with Crippen LogP contribution in [0.1, 0.15) is 95.9 Å². The van der Waals surface area contributed by atoms with E-state index in [9.17, 15) is 24.0 Å². The molecule has 5 amide bonds. The van der Waals surface area contributed by atoms with Crippen LogP contribution in [-0.4, -0.2) is 163 Å². The van der Waals surface area contributed by atoms with Crippen molar-refractivity contribution in [2.75, 3.05) is 91.9 Å². The summed E-state index contributed by atoms with van der Waals surface area (Å²) in [6, 6.07) is 6.78. The monoisotopic (exact) mass is 761 g/mol. The van der Waals surface area contributed by atoms with Gasteiger partial charge in [0.2, 0.25) is 0 Å². The quantitative estimate of drug-likeness (QED) is 0.188. The Labute approximate surface area is 321 Å². The van der Waals surface area contributed by atoms with Gasteiger partial charge >= 0.3 is 18.3 Å². The summed E-state index contributed by atoms with van der Waals surface area (Å²) in [5.74, 6) is -0.621. The van der Waals surface area contributed by atoms with Crippen molar-refractivity contribution in [3.05, 3.63) is 35.4 Å². The zero-order chi connectivity index (χ0) is 40.1. The van der Waals surface area contributed by atoms with Crippen molar-refractivity contribution in [1.29, 1.82) is 0 Å². The first kappa shape index (κ1) is 44.4. The molecule has 0 saturated carbocycles. The zero-order valence-electron chi connectivity index (χ0n) is 33.9. The Bertz CT molecular complexity index is 1380. The van der Waals surface area contributed by atoms with Gasteiger partial charge < -0.3 is 38.4 Å². The first-order chi connectivity index (χ1) is 25.2. The molecule has 0 aliphatic carbocycles. The summed E-state index contributed by atoms with van der Waals surface area (Å²) >= 11 is 0. The predicted molar refractivity (Wildman–Crippen MR) is 203 cm³/mol. The van der Waals surface area contributed by atoms with Crippen molar-refractivity contribution in [3.63, 3.8) is 0 Å². The maximum Gasteiger partial charge on any atom is 0.410 e. The van der Waals surface area contributed by atoms with Crippen LogP contribution < -0.4 is 0 Å². The van der Waals surface area contributed by atoms with E-state index >= 15 is 0 Å². The first-order valence-corrected chi connectivity index (χ1v) is 19.0. The topological polar surface area (TPSA) is 148 Å². The van der Waals surface area contributed by atoms with E-state index in [1.807, 2.05) is 41.5 Å². The SMILES string of the molecule is CC(C)(C)OC(=O)N1CCCN(C(=O)OC(C)(C)C)CCN(C(=O)OC(C)(C)C)CCCN(CCOCCOCCN2C(=O)c3ccccc3C2=O)CC1. The summed E-state index contributed by atoms with van der Waals surface area (Å²) in [5, 5.41) is 0. The molecule has 54 heavy (non-hydrogen) atoms. The molecule has 0 aromatic heterocycles. The third kappa shape index (κ3) is 15.4. The number of fused-ring (bicyclic) bond motifs is 1. The van der Waals surface area contributed by atoms with Gasteiger partial charge in [0.1, 0.15) is 16.8 Å². The lowest BCUT2D eigenvalue weighted by molar-refractivity contribution is 0.00906. The van der Waals surface area contributed by atoms with Crippen molar-refractivity contribution in [2.24, 2.45) is 0 Å². The van der Waals surface area contributed by atoms with Crippen molar-refractivity contribution in [3.8, 4) is 0 Å². The number of carbonyl (C=O) groups is 5. The Morgan fingerprint density at radius 3 is 1.30 bits per heavy atom. The van der Waals surface area contributed by atoms with Crippen LogP contribution in [0.4, 0.5) is 14.4 Å². The second kappa shape index (κ2) is 20.1. The largest absolute Gasteiger partial charge is 0.444 e. The molecule has 0 spiro atoms. The molecule has 0 radical (unpaired) electrons. The number of amides is 5. The molecular formula is C39H63N5O10. The van der Waals surface area contributed by atoms with E-state index in [2.05, 4.69) is 4.90 Å². The smallest absolute Gasteiger partial charge is 0.410 e. The Morgan fingerprint density at radius 1 is 0.519 bits per heavy atom. The summed E-state index contributed by atoms with van der Waals surface area (Å²) in [5.41, 5.74) is -1.24. The number of benzene rings is 1. The van der Waals surface area contributed by atoms with Gasteiger partial charge in [-0.1, -0.05) is 12.1 Å². The molecule has 1 saturated heterocycles. The van der Waals surface area contributed by atoms with Gasteiger partial charge in [-0.15, -0.1) is 0 Å².